The van der Waals surface area contributed by atoms with Crippen molar-refractivity contribution in [3.05, 3.63) is 58.7 Å². The average Bonchev–Trinajstić information content (AvgIpc) is 3.23. The molecular weight excluding hydrogens is 564 g/mol. The summed E-state index contributed by atoms with van der Waals surface area (Å²) in [5.41, 5.74) is 6.04. The fourth-order valence-electron chi connectivity index (χ4n) is 6.88. The predicted molar refractivity (Wildman–Crippen MR) is 168 cm³/mol. The summed E-state index contributed by atoms with van der Waals surface area (Å²) >= 11 is 0. The standard InChI is InChI=1S/C33H40N4O5S/c1-35(2)43(40,41)34-32(38)23-12-14-28-29(20-23)37-21-25(33(39)36-16-8-5-9-17-36)18-24-19-26(42-3)13-15-27(24)31(37)30(28)22-10-6-4-7-11-22/h12-15,18-20,22H,4-11,16-17,21H2,1-3H3,(H,34,38). The van der Waals surface area contributed by atoms with Crippen molar-refractivity contribution in [1.29, 1.82) is 0 Å². The van der Waals surface area contributed by atoms with Crippen molar-refractivity contribution in [3.63, 3.8) is 0 Å². The van der Waals surface area contributed by atoms with E-state index in [4.69, 9.17) is 4.74 Å². The normalized spacial score (nSPS) is 17.7. The van der Waals surface area contributed by atoms with Crippen molar-refractivity contribution in [3.8, 4) is 17.0 Å². The molecule has 0 radical (unpaired) electrons. The van der Waals surface area contributed by atoms with Crippen molar-refractivity contribution in [2.24, 2.45) is 0 Å². The first-order valence-electron chi connectivity index (χ1n) is 15.3. The first-order chi connectivity index (χ1) is 20.7. The minimum absolute atomic E-state index is 0.0355. The van der Waals surface area contributed by atoms with Gasteiger partial charge in [-0.05, 0) is 85.6 Å². The van der Waals surface area contributed by atoms with Gasteiger partial charge in [0, 0.05) is 54.8 Å². The lowest BCUT2D eigenvalue weighted by Crippen LogP contribution is -2.39. The molecular formula is C33H40N4O5S. The van der Waals surface area contributed by atoms with Crippen LogP contribution in [-0.2, 0) is 21.5 Å². The second-order valence-corrected chi connectivity index (χ2v) is 14.0. The third-order valence-electron chi connectivity index (χ3n) is 9.17. The summed E-state index contributed by atoms with van der Waals surface area (Å²) < 4.78 is 35.8. The number of benzene rings is 2. The van der Waals surface area contributed by atoms with E-state index in [0.717, 1.165) is 95.8 Å². The van der Waals surface area contributed by atoms with Crippen molar-refractivity contribution in [2.75, 3.05) is 34.3 Å². The monoisotopic (exact) mass is 604 g/mol. The maximum Gasteiger partial charge on any atom is 0.303 e. The topological polar surface area (TPSA) is 101 Å². The summed E-state index contributed by atoms with van der Waals surface area (Å²) in [6.07, 6.45) is 10.8. The zero-order valence-electron chi connectivity index (χ0n) is 25.2. The molecule has 0 spiro atoms. The van der Waals surface area contributed by atoms with Gasteiger partial charge in [0.15, 0.2) is 0 Å². The summed E-state index contributed by atoms with van der Waals surface area (Å²) in [7, 11) is 0.445. The van der Waals surface area contributed by atoms with Gasteiger partial charge in [-0.25, -0.2) is 4.72 Å². The average molecular weight is 605 g/mol. The lowest BCUT2D eigenvalue weighted by atomic mass is 9.81. The van der Waals surface area contributed by atoms with Gasteiger partial charge in [-0.15, -0.1) is 0 Å². The van der Waals surface area contributed by atoms with Gasteiger partial charge in [-0.1, -0.05) is 25.3 Å². The fourth-order valence-corrected chi connectivity index (χ4v) is 7.41. The van der Waals surface area contributed by atoms with Crippen LogP contribution in [0.5, 0.6) is 5.75 Å². The summed E-state index contributed by atoms with van der Waals surface area (Å²) in [5.74, 6) is 0.415. The molecule has 43 heavy (non-hydrogen) atoms. The third-order valence-corrected chi connectivity index (χ3v) is 10.6. The number of methoxy groups -OCH3 is 1. The molecule has 2 fully saturated rings. The second kappa shape index (κ2) is 11.8. The fraction of sp³-hybridized carbons (Fsp3) is 0.455. The maximum atomic E-state index is 14.0. The Hall–Kier alpha value is -3.63. The molecule has 1 aromatic heterocycles. The number of carbonyl (C=O) groups is 2. The smallest absolute Gasteiger partial charge is 0.303 e. The number of ether oxygens (including phenoxy) is 1. The number of carbonyl (C=O) groups excluding carboxylic acids is 2. The van der Waals surface area contributed by atoms with Crippen molar-refractivity contribution in [1.82, 2.24) is 18.5 Å². The Labute approximate surface area is 253 Å². The molecule has 10 heteroatoms. The molecule has 2 aliphatic heterocycles. The highest BCUT2D eigenvalue weighted by molar-refractivity contribution is 7.87. The largest absolute Gasteiger partial charge is 0.497 e. The van der Waals surface area contributed by atoms with Crippen molar-refractivity contribution < 1.29 is 22.7 Å². The van der Waals surface area contributed by atoms with Crippen molar-refractivity contribution in [2.45, 2.75) is 63.8 Å². The molecule has 1 saturated heterocycles. The first kappa shape index (κ1) is 29.4. The van der Waals surface area contributed by atoms with E-state index < -0.39 is 16.1 Å². The Kier molecular flexibility index (Phi) is 8.08. The first-order valence-corrected chi connectivity index (χ1v) is 16.7. The number of aromatic nitrogens is 1. The van der Waals surface area contributed by atoms with Crippen LogP contribution in [0, 0.1) is 0 Å². The Bertz CT molecular complexity index is 1710. The minimum Gasteiger partial charge on any atom is -0.497 e. The van der Waals surface area contributed by atoms with Gasteiger partial charge in [-0.3, -0.25) is 9.59 Å². The van der Waals surface area contributed by atoms with E-state index in [-0.39, 0.29) is 11.5 Å². The van der Waals surface area contributed by atoms with E-state index in [9.17, 15) is 18.0 Å². The summed E-state index contributed by atoms with van der Waals surface area (Å²) in [6.45, 7) is 1.85. The molecule has 2 aromatic carbocycles. The second-order valence-electron chi connectivity index (χ2n) is 12.1. The SMILES string of the molecule is COc1ccc2c(c1)C=C(C(=O)N1CCCCC1)Cn1c-2c(C2CCCCC2)c2ccc(C(=O)NS(=O)(=O)N(C)C)cc21. The zero-order chi connectivity index (χ0) is 30.3. The van der Waals surface area contributed by atoms with Crippen molar-refractivity contribution >= 4 is 39.0 Å². The highest BCUT2D eigenvalue weighted by Gasteiger charge is 2.32. The van der Waals surface area contributed by atoms with Gasteiger partial charge in [0.05, 0.1) is 19.3 Å². The van der Waals surface area contributed by atoms with Crippen LogP contribution in [-0.4, -0.2) is 68.3 Å². The Morgan fingerprint density at radius 1 is 0.953 bits per heavy atom. The highest BCUT2D eigenvalue weighted by Crippen LogP contribution is 2.47. The minimum atomic E-state index is -3.96. The summed E-state index contributed by atoms with van der Waals surface area (Å²) in [5, 5.41) is 1.04. The van der Waals surface area contributed by atoms with Gasteiger partial charge in [0.1, 0.15) is 5.75 Å². The molecule has 228 valence electrons. The molecule has 0 unspecified atom stereocenters. The number of fused-ring (bicyclic) bond motifs is 5. The number of rotatable bonds is 6. The van der Waals surface area contributed by atoms with E-state index in [2.05, 4.69) is 15.4 Å². The number of hydrogen-bond donors (Lipinski definition) is 1. The number of piperidine rings is 1. The number of likely N-dealkylation sites (tertiary alicyclic amines) is 1. The van der Waals surface area contributed by atoms with Gasteiger partial charge < -0.3 is 14.2 Å². The predicted octanol–water partition coefficient (Wildman–Crippen LogP) is 5.31. The maximum absolute atomic E-state index is 14.0. The van der Waals surface area contributed by atoms with Gasteiger partial charge in [0.2, 0.25) is 0 Å². The van der Waals surface area contributed by atoms with Crippen LogP contribution < -0.4 is 9.46 Å². The van der Waals surface area contributed by atoms with Gasteiger partial charge >= 0.3 is 10.2 Å². The molecule has 3 aromatic rings. The van der Waals surface area contributed by atoms with Crippen LogP contribution >= 0.6 is 0 Å². The van der Waals surface area contributed by atoms with E-state index in [1.807, 2.05) is 29.2 Å². The lowest BCUT2D eigenvalue weighted by Gasteiger charge is -2.28. The van der Waals surface area contributed by atoms with Crippen LogP contribution in [0.1, 0.15) is 78.8 Å². The molecule has 6 rings (SSSR count). The number of hydrogen-bond acceptors (Lipinski definition) is 5. The molecule has 3 aliphatic rings. The Morgan fingerprint density at radius 3 is 2.37 bits per heavy atom. The highest BCUT2D eigenvalue weighted by atomic mass is 32.2. The number of nitrogens with zero attached hydrogens (tertiary/aromatic N) is 3. The van der Waals surface area contributed by atoms with Crippen LogP contribution in [0.3, 0.4) is 0 Å². The molecule has 9 nitrogen and oxygen atoms in total. The third kappa shape index (κ3) is 5.58. The Balaban J connectivity index is 1.56. The number of amides is 2. The van der Waals surface area contributed by atoms with E-state index in [1.165, 1.54) is 26.1 Å². The molecule has 1 saturated carbocycles. The van der Waals surface area contributed by atoms with E-state index >= 15 is 0 Å². The molecule has 2 amide bonds. The summed E-state index contributed by atoms with van der Waals surface area (Å²) in [4.78, 5) is 29.1. The molecule has 0 atom stereocenters. The molecule has 1 N–H and O–H groups in total. The molecule has 3 heterocycles. The van der Waals surface area contributed by atoms with Crippen LogP contribution in [0.4, 0.5) is 0 Å². The quantitative estimate of drug-likeness (QED) is 0.411. The number of nitrogens with one attached hydrogen (secondary N) is 1. The van der Waals surface area contributed by atoms with E-state index in [1.54, 1.807) is 19.2 Å². The molecule has 1 aliphatic carbocycles. The van der Waals surface area contributed by atoms with Crippen LogP contribution in [0.15, 0.2) is 42.0 Å². The van der Waals surface area contributed by atoms with Gasteiger partial charge in [-0.2, -0.15) is 12.7 Å². The molecule has 0 bridgehead atoms. The van der Waals surface area contributed by atoms with Gasteiger partial charge in [0.25, 0.3) is 11.8 Å². The van der Waals surface area contributed by atoms with Crippen LogP contribution in [0.25, 0.3) is 28.2 Å². The lowest BCUT2D eigenvalue weighted by molar-refractivity contribution is -0.128. The zero-order valence-corrected chi connectivity index (χ0v) is 26.0. The Morgan fingerprint density at radius 2 is 1.67 bits per heavy atom. The summed E-state index contributed by atoms with van der Waals surface area (Å²) in [6, 6.07) is 11.5. The van der Waals surface area contributed by atoms with E-state index in [0.29, 0.717) is 18.0 Å². The van der Waals surface area contributed by atoms with Crippen LogP contribution in [0.2, 0.25) is 0 Å².